The Morgan fingerprint density at radius 1 is 1.18 bits per heavy atom. The van der Waals surface area contributed by atoms with E-state index in [2.05, 4.69) is 69.7 Å². The Bertz CT molecular complexity index is 486. The highest BCUT2D eigenvalue weighted by Crippen LogP contribution is 2.20. The van der Waals surface area contributed by atoms with Crippen LogP contribution in [0.3, 0.4) is 0 Å². The molecular weight excluding hydrogens is 276 g/mol. The van der Waals surface area contributed by atoms with Gasteiger partial charge in [-0.25, -0.2) is 0 Å². The number of aromatic nitrogens is 1. The monoisotopic (exact) mass is 294 g/mol. The highest BCUT2D eigenvalue weighted by molar-refractivity contribution is 9.10. The third kappa shape index (κ3) is 2.90. The summed E-state index contributed by atoms with van der Waals surface area (Å²) >= 11 is 3.51. The molecule has 0 radical (unpaired) electrons. The summed E-state index contributed by atoms with van der Waals surface area (Å²) in [7, 11) is 0. The largest absolute Gasteiger partial charge is 0.346 e. The molecule has 3 heteroatoms. The van der Waals surface area contributed by atoms with Crippen LogP contribution >= 0.6 is 15.9 Å². The van der Waals surface area contributed by atoms with Crippen LogP contribution in [-0.4, -0.2) is 29.1 Å². The standard InChI is InChI=1S/C14H19BrN2/c1-3-16(4-2)9-10-17-8-7-12-11-13(15)5-6-14(12)17/h5-8,11H,3-4,9-10H2,1-2H3. The van der Waals surface area contributed by atoms with E-state index in [0.717, 1.165) is 30.7 Å². The minimum atomic E-state index is 1.06. The number of likely N-dealkylation sites (N-methyl/N-ethyl adjacent to an activating group) is 1. The summed E-state index contributed by atoms with van der Waals surface area (Å²) in [6.07, 6.45) is 2.18. The fourth-order valence-corrected chi connectivity index (χ4v) is 2.53. The van der Waals surface area contributed by atoms with Gasteiger partial charge in [0.05, 0.1) is 0 Å². The molecule has 0 aliphatic carbocycles. The van der Waals surface area contributed by atoms with Crippen molar-refractivity contribution in [2.24, 2.45) is 0 Å². The van der Waals surface area contributed by atoms with Crippen LogP contribution in [0, 0.1) is 0 Å². The number of fused-ring (bicyclic) bond motifs is 1. The van der Waals surface area contributed by atoms with Gasteiger partial charge in [0.2, 0.25) is 0 Å². The molecule has 0 atom stereocenters. The van der Waals surface area contributed by atoms with Crippen LogP contribution in [0.4, 0.5) is 0 Å². The lowest BCUT2D eigenvalue weighted by Crippen LogP contribution is -2.26. The first kappa shape index (κ1) is 12.7. The second-order valence-corrected chi connectivity index (χ2v) is 5.15. The van der Waals surface area contributed by atoms with Gasteiger partial charge in [-0.05, 0) is 37.4 Å². The van der Waals surface area contributed by atoms with Crippen molar-refractivity contribution in [3.63, 3.8) is 0 Å². The van der Waals surface area contributed by atoms with Gasteiger partial charge in [0.1, 0.15) is 0 Å². The molecule has 0 spiro atoms. The molecule has 2 aromatic rings. The van der Waals surface area contributed by atoms with Crippen molar-refractivity contribution in [2.75, 3.05) is 19.6 Å². The minimum Gasteiger partial charge on any atom is -0.346 e. The summed E-state index contributed by atoms with van der Waals surface area (Å²) in [5.41, 5.74) is 1.32. The Morgan fingerprint density at radius 2 is 1.94 bits per heavy atom. The predicted molar refractivity (Wildman–Crippen MR) is 77.4 cm³/mol. The summed E-state index contributed by atoms with van der Waals surface area (Å²) < 4.78 is 3.48. The van der Waals surface area contributed by atoms with Gasteiger partial charge in [-0.1, -0.05) is 29.8 Å². The van der Waals surface area contributed by atoms with Crippen LogP contribution in [0.25, 0.3) is 10.9 Å². The quantitative estimate of drug-likeness (QED) is 0.815. The van der Waals surface area contributed by atoms with Crippen LogP contribution in [0.2, 0.25) is 0 Å². The number of hydrogen-bond acceptors (Lipinski definition) is 1. The molecule has 2 rings (SSSR count). The van der Waals surface area contributed by atoms with Gasteiger partial charge >= 0.3 is 0 Å². The van der Waals surface area contributed by atoms with Crippen molar-refractivity contribution in [3.05, 3.63) is 34.9 Å². The van der Waals surface area contributed by atoms with E-state index in [1.165, 1.54) is 10.9 Å². The van der Waals surface area contributed by atoms with E-state index in [9.17, 15) is 0 Å². The summed E-state index contributed by atoms with van der Waals surface area (Å²) in [5.74, 6) is 0. The number of nitrogens with zero attached hydrogens (tertiary/aromatic N) is 2. The Balaban J connectivity index is 2.14. The Kier molecular flexibility index (Phi) is 4.24. The van der Waals surface area contributed by atoms with E-state index < -0.39 is 0 Å². The Labute approximate surface area is 111 Å². The molecule has 0 aliphatic heterocycles. The van der Waals surface area contributed by atoms with Gasteiger partial charge in [0.15, 0.2) is 0 Å². The highest BCUT2D eigenvalue weighted by Gasteiger charge is 2.03. The van der Waals surface area contributed by atoms with Crippen molar-refractivity contribution in [1.82, 2.24) is 9.47 Å². The van der Waals surface area contributed by atoms with Gasteiger partial charge < -0.3 is 9.47 Å². The molecule has 0 amide bonds. The number of halogens is 1. The zero-order valence-corrected chi connectivity index (χ0v) is 12.1. The van der Waals surface area contributed by atoms with Gasteiger partial charge in [0.25, 0.3) is 0 Å². The summed E-state index contributed by atoms with van der Waals surface area (Å²) in [4.78, 5) is 2.45. The molecule has 1 aromatic carbocycles. The highest BCUT2D eigenvalue weighted by atomic mass is 79.9. The second kappa shape index (κ2) is 5.69. The average molecular weight is 295 g/mol. The van der Waals surface area contributed by atoms with E-state index in [-0.39, 0.29) is 0 Å². The Morgan fingerprint density at radius 3 is 2.65 bits per heavy atom. The first-order valence-electron chi connectivity index (χ1n) is 6.21. The summed E-state index contributed by atoms with van der Waals surface area (Å²) in [6.45, 7) is 8.87. The van der Waals surface area contributed by atoms with Crippen LogP contribution in [-0.2, 0) is 6.54 Å². The van der Waals surface area contributed by atoms with Crippen molar-refractivity contribution < 1.29 is 0 Å². The molecule has 17 heavy (non-hydrogen) atoms. The van der Waals surface area contributed by atoms with Gasteiger partial charge in [-0.15, -0.1) is 0 Å². The van der Waals surface area contributed by atoms with Crippen molar-refractivity contribution >= 4 is 26.8 Å². The predicted octanol–water partition coefficient (Wildman–Crippen LogP) is 3.75. The smallest absolute Gasteiger partial charge is 0.0481 e. The third-order valence-electron chi connectivity index (χ3n) is 3.28. The van der Waals surface area contributed by atoms with Gasteiger partial charge in [-0.3, -0.25) is 0 Å². The van der Waals surface area contributed by atoms with Crippen molar-refractivity contribution in [3.8, 4) is 0 Å². The van der Waals surface area contributed by atoms with E-state index in [1.54, 1.807) is 0 Å². The fourth-order valence-electron chi connectivity index (χ4n) is 2.15. The third-order valence-corrected chi connectivity index (χ3v) is 3.78. The topological polar surface area (TPSA) is 8.17 Å². The molecule has 0 aliphatic rings. The lowest BCUT2D eigenvalue weighted by atomic mass is 10.2. The maximum Gasteiger partial charge on any atom is 0.0481 e. The molecule has 0 saturated carbocycles. The molecule has 1 aromatic heterocycles. The van der Waals surface area contributed by atoms with Crippen molar-refractivity contribution in [2.45, 2.75) is 20.4 Å². The molecule has 0 fully saturated rings. The molecule has 0 N–H and O–H groups in total. The van der Waals surface area contributed by atoms with Crippen LogP contribution < -0.4 is 0 Å². The van der Waals surface area contributed by atoms with Crippen LogP contribution in [0.5, 0.6) is 0 Å². The lowest BCUT2D eigenvalue weighted by molar-refractivity contribution is 0.292. The fraction of sp³-hybridized carbons (Fsp3) is 0.429. The molecule has 2 nitrogen and oxygen atoms in total. The zero-order valence-electron chi connectivity index (χ0n) is 10.5. The van der Waals surface area contributed by atoms with Crippen LogP contribution in [0.1, 0.15) is 13.8 Å². The van der Waals surface area contributed by atoms with E-state index in [1.807, 2.05) is 0 Å². The van der Waals surface area contributed by atoms with E-state index in [4.69, 9.17) is 0 Å². The SMILES string of the molecule is CCN(CC)CCn1ccc2cc(Br)ccc21. The molecule has 0 bridgehead atoms. The molecule has 0 saturated heterocycles. The molecular formula is C14H19BrN2. The normalized spacial score (nSPS) is 11.5. The van der Waals surface area contributed by atoms with E-state index >= 15 is 0 Å². The molecule has 92 valence electrons. The maximum atomic E-state index is 3.51. The number of rotatable bonds is 5. The number of hydrogen-bond donors (Lipinski definition) is 0. The number of benzene rings is 1. The first-order chi connectivity index (χ1) is 8.24. The maximum absolute atomic E-state index is 3.51. The second-order valence-electron chi connectivity index (χ2n) is 4.24. The van der Waals surface area contributed by atoms with Crippen molar-refractivity contribution in [1.29, 1.82) is 0 Å². The summed E-state index contributed by atoms with van der Waals surface area (Å²) in [5, 5.41) is 1.30. The van der Waals surface area contributed by atoms with Gasteiger partial charge in [0, 0.05) is 34.7 Å². The van der Waals surface area contributed by atoms with Gasteiger partial charge in [-0.2, -0.15) is 0 Å². The summed E-state index contributed by atoms with van der Waals surface area (Å²) in [6, 6.07) is 8.64. The lowest BCUT2D eigenvalue weighted by Gasteiger charge is -2.18. The van der Waals surface area contributed by atoms with E-state index in [0.29, 0.717) is 0 Å². The average Bonchev–Trinajstić information content (AvgIpc) is 2.73. The Hall–Kier alpha value is -0.800. The molecule has 0 unspecified atom stereocenters. The minimum absolute atomic E-state index is 1.06. The van der Waals surface area contributed by atoms with Crippen LogP contribution in [0.15, 0.2) is 34.9 Å². The molecule has 1 heterocycles. The first-order valence-corrected chi connectivity index (χ1v) is 7.00. The zero-order chi connectivity index (χ0) is 12.3.